The van der Waals surface area contributed by atoms with Crippen LogP contribution in [-0.2, 0) is 14.3 Å². The van der Waals surface area contributed by atoms with Crippen LogP contribution < -0.4 is 10.6 Å². The van der Waals surface area contributed by atoms with Gasteiger partial charge in [0.05, 0.1) is 0 Å². The van der Waals surface area contributed by atoms with Gasteiger partial charge in [-0.25, -0.2) is 4.79 Å². The lowest BCUT2D eigenvalue weighted by molar-refractivity contribution is -0.137. The molecule has 0 spiro atoms. The largest absolute Gasteiger partial charge is 0.481 e. The molecule has 0 aliphatic heterocycles. The van der Waals surface area contributed by atoms with Gasteiger partial charge in [0.15, 0.2) is 0 Å². The molecule has 0 radical (unpaired) electrons. The van der Waals surface area contributed by atoms with Crippen molar-refractivity contribution in [3.8, 4) is 11.1 Å². The van der Waals surface area contributed by atoms with Gasteiger partial charge in [0, 0.05) is 18.9 Å². The highest BCUT2D eigenvalue weighted by molar-refractivity contribution is 5.86. The number of carboxylic acids is 1. The van der Waals surface area contributed by atoms with Crippen molar-refractivity contribution in [2.75, 3.05) is 13.2 Å². The quantitative estimate of drug-likeness (QED) is 0.356. The van der Waals surface area contributed by atoms with Gasteiger partial charge in [0.2, 0.25) is 5.91 Å². The van der Waals surface area contributed by atoms with Gasteiger partial charge in [-0.15, -0.1) is 6.58 Å². The zero-order valence-corrected chi connectivity index (χ0v) is 20.2. The first-order valence-electron chi connectivity index (χ1n) is 12.2. The van der Waals surface area contributed by atoms with Crippen LogP contribution in [0, 0.1) is 5.92 Å². The summed E-state index contributed by atoms with van der Waals surface area (Å²) >= 11 is 0. The maximum Gasteiger partial charge on any atom is 0.407 e. The van der Waals surface area contributed by atoms with E-state index in [0.717, 1.165) is 28.7 Å². The van der Waals surface area contributed by atoms with Crippen LogP contribution in [0.1, 0.15) is 56.1 Å². The molecule has 186 valence electrons. The van der Waals surface area contributed by atoms with Gasteiger partial charge in [-0.3, -0.25) is 9.59 Å². The van der Waals surface area contributed by atoms with Gasteiger partial charge in [-0.05, 0) is 47.4 Å². The van der Waals surface area contributed by atoms with E-state index in [4.69, 9.17) is 9.84 Å². The van der Waals surface area contributed by atoms with E-state index in [0.29, 0.717) is 19.4 Å². The van der Waals surface area contributed by atoms with Crippen molar-refractivity contribution in [3.05, 3.63) is 72.3 Å². The van der Waals surface area contributed by atoms with Crippen LogP contribution in [0.2, 0.25) is 0 Å². The highest BCUT2D eigenvalue weighted by Gasteiger charge is 2.29. The standard InChI is InChI=1S/C28H34N2O5/c1-3-9-25(27(33)29-17-16-19(4-2)14-15-26(31)32)30-28(34)35-18-24-22-12-7-5-10-20(22)21-11-6-8-13-23(21)24/h3,5-8,10-13,19,24-25H,1,4,9,14-18H2,2H3,(H,29,33)(H,30,34)(H,31,32). The molecule has 7 nitrogen and oxygen atoms in total. The molecule has 2 atom stereocenters. The van der Waals surface area contributed by atoms with Gasteiger partial charge in [-0.1, -0.05) is 68.0 Å². The summed E-state index contributed by atoms with van der Waals surface area (Å²) in [5, 5.41) is 14.4. The Balaban J connectivity index is 1.52. The van der Waals surface area contributed by atoms with Crippen molar-refractivity contribution in [3.63, 3.8) is 0 Å². The number of rotatable bonds is 13. The number of hydrogen-bond donors (Lipinski definition) is 3. The lowest BCUT2D eigenvalue weighted by Gasteiger charge is -2.20. The molecule has 0 fully saturated rings. The average Bonchev–Trinajstić information content (AvgIpc) is 3.18. The number of carboxylic acid groups (broad SMARTS) is 1. The van der Waals surface area contributed by atoms with Gasteiger partial charge >= 0.3 is 12.1 Å². The fourth-order valence-electron chi connectivity index (χ4n) is 4.58. The Bertz CT molecular complexity index is 1010. The topological polar surface area (TPSA) is 105 Å². The van der Waals surface area contributed by atoms with Crippen LogP contribution in [0.3, 0.4) is 0 Å². The predicted octanol–water partition coefficient (Wildman–Crippen LogP) is 4.87. The van der Waals surface area contributed by atoms with Crippen LogP contribution in [0.15, 0.2) is 61.2 Å². The molecule has 0 aromatic heterocycles. The summed E-state index contributed by atoms with van der Waals surface area (Å²) in [5.74, 6) is -0.965. The van der Waals surface area contributed by atoms with E-state index < -0.39 is 18.1 Å². The smallest absolute Gasteiger partial charge is 0.407 e. The lowest BCUT2D eigenvalue weighted by Crippen LogP contribution is -2.47. The fourth-order valence-corrected chi connectivity index (χ4v) is 4.58. The maximum absolute atomic E-state index is 12.7. The van der Waals surface area contributed by atoms with Gasteiger partial charge in [0.25, 0.3) is 0 Å². The molecule has 0 saturated heterocycles. The SMILES string of the molecule is C=CCC(NC(=O)OCC1c2ccccc2-c2ccccc21)C(=O)NCCC(CC)CCC(=O)O. The summed E-state index contributed by atoms with van der Waals surface area (Å²) in [6.45, 7) is 6.28. The molecule has 3 N–H and O–H groups in total. The number of fused-ring (bicyclic) bond motifs is 3. The van der Waals surface area contributed by atoms with Crippen LogP contribution in [0.4, 0.5) is 4.79 Å². The number of aliphatic carboxylic acids is 1. The zero-order chi connectivity index (χ0) is 25.2. The number of amides is 2. The number of nitrogens with one attached hydrogen (secondary N) is 2. The second-order valence-electron chi connectivity index (χ2n) is 8.83. The summed E-state index contributed by atoms with van der Waals surface area (Å²) in [5.41, 5.74) is 4.54. The highest BCUT2D eigenvalue weighted by Crippen LogP contribution is 2.44. The van der Waals surface area contributed by atoms with E-state index in [9.17, 15) is 14.4 Å². The van der Waals surface area contributed by atoms with Crippen molar-refractivity contribution in [1.29, 1.82) is 0 Å². The van der Waals surface area contributed by atoms with Gasteiger partial charge in [-0.2, -0.15) is 0 Å². The maximum atomic E-state index is 12.7. The Morgan fingerprint density at radius 3 is 2.26 bits per heavy atom. The predicted molar refractivity (Wildman–Crippen MR) is 135 cm³/mol. The monoisotopic (exact) mass is 478 g/mol. The Hall–Kier alpha value is -3.61. The van der Waals surface area contributed by atoms with Crippen molar-refractivity contribution in [2.24, 2.45) is 5.92 Å². The molecule has 2 aromatic carbocycles. The van der Waals surface area contributed by atoms with E-state index >= 15 is 0 Å². The van der Waals surface area contributed by atoms with E-state index in [2.05, 4.69) is 41.5 Å². The molecule has 0 saturated carbocycles. The summed E-state index contributed by atoms with van der Waals surface area (Å²) in [7, 11) is 0. The molecule has 35 heavy (non-hydrogen) atoms. The minimum Gasteiger partial charge on any atom is -0.481 e. The van der Waals surface area contributed by atoms with E-state index in [1.165, 1.54) is 0 Å². The van der Waals surface area contributed by atoms with Gasteiger partial charge < -0.3 is 20.5 Å². The third kappa shape index (κ3) is 6.94. The molecule has 2 aromatic rings. The third-order valence-corrected chi connectivity index (χ3v) is 6.55. The van der Waals surface area contributed by atoms with Crippen LogP contribution in [0.5, 0.6) is 0 Å². The van der Waals surface area contributed by atoms with Crippen LogP contribution in [0.25, 0.3) is 11.1 Å². The van der Waals surface area contributed by atoms with Crippen molar-refractivity contribution >= 4 is 18.0 Å². The van der Waals surface area contributed by atoms with E-state index in [1.807, 2.05) is 31.2 Å². The normalized spacial score (nSPS) is 13.7. The Morgan fingerprint density at radius 2 is 1.69 bits per heavy atom. The molecule has 0 bridgehead atoms. The zero-order valence-electron chi connectivity index (χ0n) is 20.2. The van der Waals surface area contributed by atoms with Crippen molar-refractivity contribution < 1.29 is 24.2 Å². The second-order valence-corrected chi connectivity index (χ2v) is 8.83. The summed E-state index contributed by atoms with van der Waals surface area (Å²) < 4.78 is 5.56. The summed E-state index contributed by atoms with van der Waals surface area (Å²) in [4.78, 5) is 36.0. The first-order chi connectivity index (χ1) is 16.9. The molecule has 7 heteroatoms. The highest BCUT2D eigenvalue weighted by atomic mass is 16.5. The summed E-state index contributed by atoms with van der Waals surface area (Å²) in [6, 6.07) is 15.4. The molecule has 1 aliphatic carbocycles. The minimum absolute atomic E-state index is 0.0587. The minimum atomic E-state index is -0.814. The first-order valence-corrected chi connectivity index (χ1v) is 12.2. The number of ether oxygens (including phenoxy) is 1. The Morgan fingerprint density at radius 1 is 1.06 bits per heavy atom. The van der Waals surface area contributed by atoms with E-state index in [1.54, 1.807) is 6.08 Å². The lowest BCUT2D eigenvalue weighted by atomic mass is 9.96. The fraction of sp³-hybridized carbons (Fsp3) is 0.393. The number of hydrogen-bond acceptors (Lipinski definition) is 4. The number of carbonyl (C=O) groups excluding carboxylic acids is 2. The molecular weight excluding hydrogens is 444 g/mol. The molecule has 0 heterocycles. The third-order valence-electron chi connectivity index (χ3n) is 6.55. The average molecular weight is 479 g/mol. The molecule has 2 unspecified atom stereocenters. The van der Waals surface area contributed by atoms with Crippen LogP contribution >= 0.6 is 0 Å². The second kappa shape index (κ2) is 12.7. The molecular formula is C28H34N2O5. The molecule has 3 rings (SSSR count). The molecule has 1 aliphatic rings. The van der Waals surface area contributed by atoms with E-state index in [-0.39, 0.29) is 37.2 Å². The van der Waals surface area contributed by atoms with Gasteiger partial charge in [0.1, 0.15) is 12.6 Å². The Labute approximate surface area is 206 Å². The first kappa shape index (κ1) is 26.0. The van der Waals surface area contributed by atoms with Crippen molar-refractivity contribution in [1.82, 2.24) is 10.6 Å². The number of carbonyl (C=O) groups is 3. The number of benzene rings is 2. The summed E-state index contributed by atoms with van der Waals surface area (Å²) in [6.07, 6.45) is 3.42. The molecule has 2 amide bonds. The van der Waals surface area contributed by atoms with Crippen LogP contribution in [-0.4, -0.2) is 42.3 Å². The Kier molecular flexibility index (Phi) is 9.47. The number of alkyl carbamates (subject to hydrolysis) is 1. The van der Waals surface area contributed by atoms with Crippen molar-refractivity contribution in [2.45, 2.75) is 51.0 Å².